The highest BCUT2D eigenvalue weighted by Crippen LogP contribution is 2.36. The van der Waals surface area contributed by atoms with Crippen LogP contribution in [0.4, 0.5) is 5.69 Å². The molecule has 3 nitrogen and oxygen atoms in total. The standard InChI is InChI=1S/C23H22N2O/c1-16-12-13-17(2)21(14-16)24-22-19-10-6-7-11-20(19)23(26)25(22)15-18-8-4-3-5-9-18/h3-14,22,24H,15H2,1-2H3. The average molecular weight is 342 g/mol. The molecule has 1 amide bonds. The topological polar surface area (TPSA) is 32.3 Å². The Morgan fingerprint density at radius 1 is 0.923 bits per heavy atom. The minimum atomic E-state index is -0.167. The van der Waals surface area contributed by atoms with Crippen LogP contribution in [-0.4, -0.2) is 10.8 Å². The molecule has 0 saturated carbocycles. The highest BCUT2D eigenvalue weighted by molar-refractivity contribution is 5.99. The molecule has 0 saturated heterocycles. The Bertz CT molecular complexity index is 949. The van der Waals surface area contributed by atoms with E-state index in [0.717, 1.165) is 22.4 Å². The van der Waals surface area contributed by atoms with Crippen LogP contribution in [0.25, 0.3) is 0 Å². The maximum Gasteiger partial charge on any atom is 0.256 e. The molecule has 3 aromatic rings. The predicted octanol–water partition coefficient (Wildman–Crippen LogP) is 5.07. The van der Waals surface area contributed by atoms with Gasteiger partial charge in [-0.1, -0.05) is 60.7 Å². The van der Waals surface area contributed by atoms with Crippen LogP contribution in [0.2, 0.25) is 0 Å². The zero-order chi connectivity index (χ0) is 18.1. The van der Waals surface area contributed by atoms with Crippen LogP contribution in [0.15, 0.2) is 72.8 Å². The van der Waals surface area contributed by atoms with Crippen LogP contribution in [0, 0.1) is 13.8 Å². The average Bonchev–Trinajstić information content (AvgIpc) is 2.92. The summed E-state index contributed by atoms with van der Waals surface area (Å²) >= 11 is 0. The molecule has 0 fully saturated rings. The molecule has 1 aliphatic heterocycles. The summed E-state index contributed by atoms with van der Waals surface area (Å²) in [6.45, 7) is 4.75. The lowest BCUT2D eigenvalue weighted by Crippen LogP contribution is -2.32. The van der Waals surface area contributed by atoms with Gasteiger partial charge in [0.2, 0.25) is 0 Å². The summed E-state index contributed by atoms with van der Waals surface area (Å²) in [7, 11) is 0. The van der Waals surface area contributed by atoms with Gasteiger partial charge in [-0.25, -0.2) is 0 Å². The third-order valence-corrected chi connectivity index (χ3v) is 4.94. The van der Waals surface area contributed by atoms with E-state index in [4.69, 9.17) is 0 Å². The summed E-state index contributed by atoms with van der Waals surface area (Å²) in [5.74, 6) is 0.0762. The van der Waals surface area contributed by atoms with Gasteiger partial charge >= 0.3 is 0 Å². The Morgan fingerprint density at radius 2 is 1.65 bits per heavy atom. The number of carbonyl (C=O) groups is 1. The van der Waals surface area contributed by atoms with Gasteiger partial charge < -0.3 is 10.2 Å². The van der Waals surface area contributed by atoms with E-state index in [1.807, 2.05) is 47.4 Å². The molecule has 0 radical (unpaired) electrons. The normalized spacial score (nSPS) is 15.8. The van der Waals surface area contributed by atoms with E-state index in [1.165, 1.54) is 11.1 Å². The van der Waals surface area contributed by atoms with Gasteiger partial charge in [-0.2, -0.15) is 0 Å². The maximum atomic E-state index is 13.0. The molecular weight excluding hydrogens is 320 g/mol. The molecule has 1 heterocycles. The molecule has 1 atom stereocenters. The number of nitrogens with one attached hydrogen (secondary N) is 1. The van der Waals surface area contributed by atoms with Crippen molar-refractivity contribution < 1.29 is 4.79 Å². The Hall–Kier alpha value is -3.07. The zero-order valence-electron chi connectivity index (χ0n) is 15.1. The lowest BCUT2D eigenvalue weighted by Gasteiger charge is -2.28. The monoisotopic (exact) mass is 342 g/mol. The molecular formula is C23H22N2O. The number of amides is 1. The molecule has 130 valence electrons. The fraction of sp³-hybridized carbons (Fsp3) is 0.174. The Balaban J connectivity index is 1.72. The largest absolute Gasteiger partial charge is 0.361 e. The van der Waals surface area contributed by atoms with Gasteiger partial charge in [0.25, 0.3) is 5.91 Å². The first kappa shape index (κ1) is 16.4. The summed E-state index contributed by atoms with van der Waals surface area (Å²) in [6.07, 6.45) is -0.167. The van der Waals surface area contributed by atoms with Crippen molar-refractivity contribution in [1.29, 1.82) is 0 Å². The molecule has 0 spiro atoms. The number of hydrogen-bond acceptors (Lipinski definition) is 2. The zero-order valence-corrected chi connectivity index (χ0v) is 15.1. The van der Waals surface area contributed by atoms with Crippen LogP contribution < -0.4 is 5.32 Å². The number of hydrogen-bond donors (Lipinski definition) is 1. The molecule has 4 rings (SSSR count). The fourth-order valence-electron chi connectivity index (χ4n) is 3.51. The molecule has 3 aromatic carbocycles. The number of rotatable bonds is 4. The number of benzene rings is 3. The molecule has 0 aliphatic carbocycles. The first-order valence-electron chi connectivity index (χ1n) is 8.91. The van der Waals surface area contributed by atoms with Crippen molar-refractivity contribution in [3.05, 3.63) is 101 Å². The van der Waals surface area contributed by atoms with Gasteiger partial charge in [0.1, 0.15) is 6.17 Å². The third kappa shape index (κ3) is 2.97. The minimum absolute atomic E-state index is 0.0762. The maximum absolute atomic E-state index is 13.0. The molecule has 1 aliphatic rings. The summed E-state index contributed by atoms with van der Waals surface area (Å²) < 4.78 is 0. The Morgan fingerprint density at radius 3 is 2.46 bits per heavy atom. The first-order valence-corrected chi connectivity index (χ1v) is 8.91. The first-order chi connectivity index (χ1) is 12.6. The number of anilines is 1. The molecule has 0 aromatic heterocycles. The van der Waals surface area contributed by atoms with Gasteiger partial charge in [0.05, 0.1) is 0 Å². The second-order valence-electron chi connectivity index (χ2n) is 6.87. The second kappa shape index (κ2) is 6.68. The number of nitrogens with zero attached hydrogens (tertiary/aromatic N) is 1. The van der Waals surface area contributed by atoms with Gasteiger partial charge in [-0.05, 0) is 42.7 Å². The van der Waals surface area contributed by atoms with Crippen molar-refractivity contribution in [1.82, 2.24) is 4.90 Å². The van der Waals surface area contributed by atoms with Crippen LogP contribution >= 0.6 is 0 Å². The lowest BCUT2D eigenvalue weighted by atomic mass is 10.1. The van der Waals surface area contributed by atoms with Crippen molar-refractivity contribution in [2.75, 3.05) is 5.32 Å². The second-order valence-corrected chi connectivity index (χ2v) is 6.87. The lowest BCUT2D eigenvalue weighted by molar-refractivity contribution is 0.0728. The smallest absolute Gasteiger partial charge is 0.256 e. The van der Waals surface area contributed by atoms with Crippen molar-refractivity contribution in [2.45, 2.75) is 26.6 Å². The number of carbonyl (C=O) groups excluding carboxylic acids is 1. The van der Waals surface area contributed by atoms with Gasteiger partial charge in [-0.3, -0.25) is 4.79 Å². The molecule has 0 bridgehead atoms. The molecule has 3 heteroatoms. The van der Waals surface area contributed by atoms with E-state index in [-0.39, 0.29) is 12.1 Å². The van der Waals surface area contributed by atoms with Gasteiger partial charge in [0, 0.05) is 23.4 Å². The fourth-order valence-corrected chi connectivity index (χ4v) is 3.51. The minimum Gasteiger partial charge on any atom is -0.361 e. The van der Waals surface area contributed by atoms with Crippen LogP contribution in [0.3, 0.4) is 0 Å². The van der Waals surface area contributed by atoms with Crippen LogP contribution in [0.1, 0.15) is 38.8 Å². The van der Waals surface area contributed by atoms with E-state index < -0.39 is 0 Å². The van der Waals surface area contributed by atoms with Crippen LogP contribution in [-0.2, 0) is 6.54 Å². The van der Waals surface area contributed by atoms with E-state index in [0.29, 0.717) is 6.54 Å². The highest BCUT2D eigenvalue weighted by Gasteiger charge is 2.36. The van der Waals surface area contributed by atoms with Gasteiger partial charge in [-0.15, -0.1) is 0 Å². The van der Waals surface area contributed by atoms with E-state index in [9.17, 15) is 4.79 Å². The van der Waals surface area contributed by atoms with E-state index in [2.05, 4.69) is 49.5 Å². The quantitative estimate of drug-likeness (QED) is 0.718. The van der Waals surface area contributed by atoms with Crippen molar-refractivity contribution in [3.63, 3.8) is 0 Å². The van der Waals surface area contributed by atoms with Crippen molar-refractivity contribution >= 4 is 11.6 Å². The van der Waals surface area contributed by atoms with Crippen LogP contribution in [0.5, 0.6) is 0 Å². The SMILES string of the molecule is Cc1ccc(C)c(NC2c3ccccc3C(=O)N2Cc2ccccc2)c1. The van der Waals surface area contributed by atoms with E-state index >= 15 is 0 Å². The molecule has 26 heavy (non-hydrogen) atoms. The Kier molecular flexibility index (Phi) is 4.21. The molecule has 1 N–H and O–H groups in total. The summed E-state index contributed by atoms with van der Waals surface area (Å²) in [5.41, 5.74) is 6.39. The highest BCUT2D eigenvalue weighted by atomic mass is 16.2. The van der Waals surface area contributed by atoms with Crippen molar-refractivity contribution in [2.24, 2.45) is 0 Å². The summed E-state index contributed by atoms with van der Waals surface area (Å²) in [6, 6.07) is 24.4. The third-order valence-electron chi connectivity index (χ3n) is 4.94. The number of aryl methyl sites for hydroxylation is 2. The predicted molar refractivity (Wildman–Crippen MR) is 105 cm³/mol. The number of fused-ring (bicyclic) bond motifs is 1. The molecule has 1 unspecified atom stereocenters. The Labute approximate surface area is 154 Å². The summed E-state index contributed by atoms with van der Waals surface area (Å²) in [4.78, 5) is 15.0. The van der Waals surface area contributed by atoms with Crippen molar-refractivity contribution in [3.8, 4) is 0 Å². The summed E-state index contributed by atoms with van der Waals surface area (Å²) in [5, 5.41) is 3.61. The van der Waals surface area contributed by atoms with Gasteiger partial charge in [0.15, 0.2) is 0 Å². The van der Waals surface area contributed by atoms with E-state index in [1.54, 1.807) is 0 Å².